The maximum Gasteiger partial charge on any atom is 0.335 e. The van der Waals surface area contributed by atoms with Gasteiger partial charge >= 0.3 is 5.97 Å². The van der Waals surface area contributed by atoms with Crippen molar-refractivity contribution in [3.05, 3.63) is 98.7 Å². The number of nitrogens with zero attached hydrogens (tertiary/aromatic N) is 3. The highest BCUT2D eigenvalue weighted by molar-refractivity contribution is 6.31. The molecule has 1 saturated heterocycles. The van der Waals surface area contributed by atoms with E-state index in [0.717, 1.165) is 6.07 Å². The van der Waals surface area contributed by atoms with E-state index in [0.29, 0.717) is 6.42 Å². The number of methoxy groups -OCH3 is 1. The lowest BCUT2D eigenvalue weighted by atomic mass is 9.65. The number of anilines is 1. The van der Waals surface area contributed by atoms with Crippen molar-refractivity contribution in [1.82, 2.24) is 4.90 Å². The molecule has 7 nitrogen and oxygen atoms in total. The summed E-state index contributed by atoms with van der Waals surface area (Å²) in [6, 6.07) is 13.8. The minimum absolute atomic E-state index is 0.00989. The Morgan fingerprint density at radius 3 is 2.49 bits per heavy atom. The van der Waals surface area contributed by atoms with Crippen LogP contribution in [0.15, 0.2) is 60.3 Å². The minimum Gasteiger partial charge on any atom is -0.495 e. The van der Waals surface area contributed by atoms with E-state index in [2.05, 4.69) is 6.07 Å². The van der Waals surface area contributed by atoms with E-state index in [4.69, 9.17) is 27.9 Å². The lowest BCUT2D eigenvalue weighted by Gasteiger charge is -2.40. The first-order valence-corrected chi connectivity index (χ1v) is 14.1. The molecule has 2 aliphatic heterocycles. The van der Waals surface area contributed by atoms with Gasteiger partial charge in [-0.1, -0.05) is 62.2 Å². The monoisotopic (exact) mass is 625 g/mol. The standard InChI is InChI=1S/C32H27Cl2F2N3O4/c1-31(2,3)14-25-32(15-37,20-10-9-18(33)13-22(20)35)26(19-6-5-7-21(34)27(19)36)28-29(40)38(16-39(25)28)23-11-8-17(30(41)42)12-24(23)43-4/h5-13,25H,14,16H2,1-4H3,(H,41,42)/t25-,32-/m0/s1. The van der Waals surface area contributed by atoms with Crippen molar-refractivity contribution in [3.8, 4) is 11.8 Å². The summed E-state index contributed by atoms with van der Waals surface area (Å²) < 4.78 is 37.2. The SMILES string of the molecule is COc1cc(C(=O)O)ccc1N1CN2C(=C(c3cccc(Cl)c3F)[C@@](C#N)(c3ccc(Cl)cc3F)[C@@H]2CC(C)(C)C)C1=O. The molecule has 3 aromatic carbocycles. The van der Waals surface area contributed by atoms with Crippen LogP contribution < -0.4 is 9.64 Å². The van der Waals surface area contributed by atoms with Crippen LogP contribution in [0.25, 0.3) is 5.57 Å². The quantitative estimate of drug-likeness (QED) is 0.309. The molecule has 2 aliphatic rings. The number of rotatable bonds is 6. The number of hydrogen-bond donors (Lipinski definition) is 1. The Morgan fingerprint density at radius 2 is 1.88 bits per heavy atom. The highest BCUT2D eigenvalue weighted by Crippen LogP contribution is 2.57. The maximum absolute atomic E-state index is 15.9. The van der Waals surface area contributed by atoms with E-state index in [1.807, 2.05) is 20.8 Å². The molecule has 3 aromatic rings. The molecular formula is C32H27Cl2F2N3O4. The van der Waals surface area contributed by atoms with Crippen LogP contribution in [0.4, 0.5) is 14.5 Å². The summed E-state index contributed by atoms with van der Waals surface area (Å²) in [7, 11) is 1.35. The third-order valence-corrected chi connectivity index (χ3v) is 8.34. The van der Waals surface area contributed by atoms with Gasteiger partial charge in [-0.05, 0) is 48.2 Å². The van der Waals surface area contributed by atoms with Crippen LogP contribution >= 0.6 is 23.2 Å². The van der Waals surface area contributed by atoms with E-state index >= 15 is 8.78 Å². The third-order valence-electron chi connectivity index (χ3n) is 7.81. The number of carbonyl (C=O) groups is 2. The molecule has 2 heterocycles. The van der Waals surface area contributed by atoms with Crippen molar-refractivity contribution in [2.45, 2.75) is 38.6 Å². The Hall–Kier alpha value is -4.13. The summed E-state index contributed by atoms with van der Waals surface area (Å²) in [5.74, 6) is -3.26. The number of carboxylic acid groups (broad SMARTS) is 1. The number of carboxylic acids is 1. The van der Waals surface area contributed by atoms with Gasteiger partial charge in [0.1, 0.15) is 28.5 Å². The van der Waals surface area contributed by atoms with Gasteiger partial charge in [0.25, 0.3) is 5.91 Å². The van der Waals surface area contributed by atoms with Gasteiger partial charge in [-0.2, -0.15) is 5.26 Å². The Labute approximate surface area is 257 Å². The number of nitriles is 1. The molecule has 0 unspecified atom stereocenters. The normalized spacial score (nSPS) is 20.0. The second kappa shape index (κ2) is 10.9. The molecule has 0 aromatic heterocycles. The van der Waals surface area contributed by atoms with Crippen LogP contribution in [0.3, 0.4) is 0 Å². The van der Waals surface area contributed by atoms with Gasteiger partial charge in [0, 0.05) is 21.7 Å². The zero-order valence-electron chi connectivity index (χ0n) is 23.7. The Bertz CT molecular complexity index is 1750. The van der Waals surface area contributed by atoms with Gasteiger partial charge in [-0.25, -0.2) is 13.6 Å². The third kappa shape index (κ3) is 4.89. The van der Waals surface area contributed by atoms with Crippen molar-refractivity contribution >= 4 is 46.3 Å². The first-order valence-electron chi connectivity index (χ1n) is 13.3. The van der Waals surface area contributed by atoms with Crippen molar-refractivity contribution < 1.29 is 28.2 Å². The van der Waals surface area contributed by atoms with E-state index in [1.54, 1.807) is 4.90 Å². The summed E-state index contributed by atoms with van der Waals surface area (Å²) in [6.45, 7) is 5.76. The zero-order chi connectivity index (χ0) is 31.4. The number of amides is 1. The van der Waals surface area contributed by atoms with Crippen LogP contribution in [-0.4, -0.2) is 41.7 Å². The van der Waals surface area contributed by atoms with Crippen molar-refractivity contribution in [2.75, 3.05) is 18.7 Å². The van der Waals surface area contributed by atoms with Gasteiger partial charge in [-0.3, -0.25) is 9.69 Å². The smallest absolute Gasteiger partial charge is 0.335 e. The number of aromatic carboxylic acids is 1. The fraction of sp³-hybridized carbons (Fsp3) is 0.281. The Balaban J connectivity index is 1.85. The topological polar surface area (TPSA) is 93.9 Å². The Morgan fingerprint density at radius 1 is 1.16 bits per heavy atom. The Kier molecular flexibility index (Phi) is 7.66. The van der Waals surface area contributed by atoms with Crippen LogP contribution in [0, 0.1) is 28.4 Å². The summed E-state index contributed by atoms with van der Waals surface area (Å²) >= 11 is 12.3. The molecular weight excluding hydrogens is 599 g/mol. The van der Waals surface area contributed by atoms with Crippen molar-refractivity contribution in [2.24, 2.45) is 5.41 Å². The molecule has 0 radical (unpaired) electrons. The molecule has 1 amide bonds. The lowest BCUT2D eigenvalue weighted by molar-refractivity contribution is -0.114. The highest BCUT2D eigenvalue weighted by atomic mass is 35.5. The lowest BCUT2D eigenvalue weighted by Crippen LogP contribution is -2.47. The van der Waals surface area contributed by atoms with Gasteiger partial charge in [0.2, 0.25) is 0 Å². The van der Waals surface area contributed by atoms with E-state index in [9.17, 15) is 20.0 Å². The first kappa shape index (κ1) is 30.3. The predicted octanol–water partition coefficient (Wildman–Crippen LogP) is 7.28. The van der Waals surface area contributed by atoms with Gasteiger partial charge in [-0.15, -0.1) is 0 Å². The molecule has 2 atom stereocenters. The average molecular weight is 626 g/mol. The fourth-order valence-corrected chi connectivity index (χ4v) is 6.38. The van der Waals surface area contributed by atoms with Crippen LogP contribution in [-0.2, 0) is 10.2 Å². The summed E-state index contributed by atoms with van der Waals surface area (Å²) in [6.07, 6.45) is 0.300. The zero-order valence-corrected chi connectivity index (χ0v) is 25.2. The number of halogens is 4. The minimum atomic E-state index is -1.85. The maximum atomic E-state index is 15.9. The summed E-state index contributed by atoms with van der Waals surface area (Å²) in [5, 5.41) is 20.4. The van der Waals surface area contributed by atoms with E-state index in [1.165, 1.54) is 60.5 Å². The number of carbonyl (C=O) groups excluding carboxylic acids is 1. The predicted molar refractivity (Wildman–Crippen MR) is 159 cm³/mol. The molecule has 1 fully saturated rings. The van der Waals surface area contributed by atoms with E-state index < -0.39 is 40.4 Å². The molecule has 222 valence electrons. The second-order valence-electron chi connectivity index (χ2n) is 11.7. The molecule has 43 heavy (non-hydrogen) atoms. The summed E-state index contributed by atoms with van der Waals surface area (Å²) in [4.78, 5) is 29.1. The highest BCUT2D eigenvalue weighted by Gasteiger charge is 2.61. The summed E-state index contributed by atoms with van der Waals surface area (Å²) in [5.41, 5.74) is -2.20. The van der Waals surface area contributed by atoms with Crippen LogP contribution in [0.5, 0.6) is 5.75 Å². The van der Waals surface area contributed by atoms with E-state index in [-0.39, 0.29) is 56.1 Å². The average Bonchev–Trinajstić information content (AvgIpc) is 3.40. The fourth-order valence-electron chi connectivity index (χ4n) is 6.04. The number of fused-ring (bicyclic) bond motifs is 1. The molecule has 0 bridgehead atoms. The molecule has 0 spiro atoms. The molecule has 0 saturated carbocycles. The van der Waals surface area contributed by atoms with Crippen LogP contribution in [0.2, 0.25) is 10.0 Å². The molecule has 5 rings (SSSR count). The van der Waals surface area contributed by atoms with Crippen LogP contribution in [0.1, 0.15) is 48.7 Å². The first-order chi connectivity index (χ1) is 20.2. The largest absolute Gasteiger partial charge is 0.495 e. The van der Waals surface area contributed by atoms with Crippen molar-refractivity contribution in [1.29, 1.82) is 5.26 Å². The van der Waals surface area contributed by atoms with Crippen molar-refractivity contribution in [3.63, 3.8) is 0 Å². The molecule has 11 heteroatoms. The van der Waals surface area contributed by atoms with Gasteiger partial charge < -0.3 is 14.7 Å². The molecule has 0 aliphatic carbocycles. The number of benzene rings is 3. The second-order valence-corrected chi connectivity index (χ2v) is 12.5. The molecule has 1 N–H and O–H groups in total. The van der Waals surface area contributed by atoms with Gasteiger partial charge in [0.05, 0.1) is 42.2 Å². The number of hydrogen-bond acceptors (Lipinski definition) is 5. The van der Waals surface area contributed by atoms with Gasteiger partial charge in [0.15, 0.2) is 0 Å². The number of ether oxygens (including phenoxy) is 1.